The van der Waals surface area contributed by atoms with E-state index in [0.717, 1.165) is 25.7 Å². The molecule has 0 unspecified atom stereocenters. The maximum Gasteiger partial charge on any atom is 0.222 e. The fraction of sp³-hybridized carbons (Fsp3) is 0.917. The lowest BCUT2D eigenvalue weighted by Gasteiger charge is -2.36. The Morgan fingerprint density at radius 3 is 2.71 bits per heavy atom. The van der Waals surface area contributed by atoms with E-state index >= 15 is 0 Å². The number of rotatable bonds is 6. The largest absolute Gasteiger partial charge is 0.381 e. The molecule has 0 bridgehead atoms. The van der Waals surface area contributed by atoms with Gasteiger partial charge in [0.2, 0.25) is 5.91 Å². The normalized spacial score (nSPS) is 23.4. The minimum absolute atomic E-state index is 0.0896. The van der Waals surface area contributed by atoms with Crippen molar-refractivity contribution in [3.63, 3.8) is 0 Å². The van der Waals surface area contributed by atoms with Gasteiger partial charge in [0.25, 0.3) is 0 Å². The quantitative estimate of drug-likeness (QED) is 0.697. The molecule has 0 aromatic rings. The molecule has 98 valence electrons. The fourth-order valence-corrected chi connectivity index (χ4v) is 2.04. The Morgan fingerprint density at radius 1 is 1.41 bits per heavy atom. The highest BCUT2D eigenvalue weighted by molar-refractivity contribution is 5.76. The number of ether oxygens (including phenoxy) is 2. The van der Waals surface area contributed by atoms with Crippen molar-refractivity contribution in [1.29, 1.82) is 0 Å². The molecule has 1 saturated heterocycles. The summed E-state index contributed by atoms with van der Waals surface area (Å²) in [5, 5.41) is 2.95. The molecular weight excluding hydrogens is 220 g/mol. The number of carbonyl (C=O) groups is 1. The van der Waals surface area contributed by atoms with Gasteiger partial charge in [-0.2, -0.15) is 0 Å². The van der Waals surface area contributed by atoms with E-state index in [1.807, 2.05) is 0 Å². The van der Waals surface area contributed by atoms with Crippen LogP contribution >= 0.6 is 0 Å². The second-order valence-corrected chi connectivity index (χ2v) is 4.94. The van der Waals surface area contributed by atoms with Crippen molar-refractivity contribution in [3.8, 4) is 0 Å². The minimum Gasteiger partial charge on any atom is -0.381 e. The second-order valence-electron chi connectivity index (χ2n) is 4.94. The predicted molar refractivity (Wildman–Crippen MR) is 63.6 cm³/mol. The molecule has 1 heterocycles. The molecule has 1 amide bonds. The summed E-state index contributed by atoms with van der Waals surface area (Å²) in [6.45, 7) is 2.35. The third-order valence-electron chi connectivity index (χ3n) is 3.46. The molecule has 0 aromatic heterocycles. The standard InChI is InChI=1S/C12H22N2O3/c13-9-12(4-7-16-8-5-12)17-6-3-11(15)14-10-1-2-10/h10H,1-9,13H2,(H,14,15). The molecule has 1 aliphatic carbocycles. The van der Waals surface area contributed by atoms with E-state index < -0.39 is 0 Å². The summed E-state index contributed by atoms with van der Waals surface area (Å²) < 4.78 is 11.1. The molecule has 0 aromatic carbocycles. The Labute approximate surface area is 102 Å². The van der Waals surface area contributed by atoms with Crippen molar-refractivity contribution in [1.82, 2.24) is 5.32 Å². The van der Waals surface area contributed by atoms with Crippen molar-refractivity contribution in [3.05, 3.63) is 0 Å². The number of hydrogen-bond acceptors (Lipinski definition) is 4. The molecule has 0 spiro atoms. The maximum atomic E-state index is 11.5. The maximum absolute atomic E-state index is 11.5. The summed E-state index contributed by atoms with van der Waals surface area (Å²) in [6.07, 6.45) is 4.33. The number of amides is 1. The zero-order valence-electron chi connectivity index (χ0n) is 10.2. The number of nitrogens with one attached hydrogen (secondary N) is 1. The van der Waals surface area contributed by atoms with Gasteiger partial charge in [0.05, 0.1) is 12.2 Å². The summed E-state index contributed by atoms with van der Waals surface area (Å²) in [6, 6.07) is 0.425. The van der Waals surface area contributed by atoms with Crippen LogP contribution in [0.3, 0.4) is 0 Å². The van der Waals surface area contributed by atoms with Crippen LogP contribution in [0.15, 0.2) is 0 Å². The molecule has 1 aliphatic heterocycles. The highest BCUT2D eigenvalue weighted by Crippen LogP contribution is 2.24. The van der Waals surface area contributed by atoms with Gasteiger partial charge >= 0.3 is 0 Å². The highest BCUT2D eigenvalue weighted by atomic mass is 16.5. The van der Waals surface area contributed by atoms with Crippen molar-refractivity contribution in [2.24, 2.45) is 5.73 Å². The van der Waals surface area contributed by atoms with Crippen LogP contribution in [-0.2, 0) is 14.3 Å². The van der Waals surface area contributed by atoms with Crippen molar-refractivity contribution >= 4 is 5.91 Å². The van der Waals surface area contributed by atoms with Gasteiger partial charge < -0.3 is 20.5 Å². The molecule has 2 rings (SSSR count). The minimum atomic E-state index is -0.266. The van der Waals surface area contributed by atoms with Gasteiger partial charge in [-0.05, 0) is 12.8 Å². The molecule has 2 fully saturated rings. The van der Waals surface area contributed by atoms with Gasteiger partial charge in [0, 0.05) is 45.1 Å². The lowest BCUT2D eigenvalue weighted by molar-refractivity contribution is -0.128. The zero-order valence-corrected chi connectivity index (χ0v) is 10.2. The summed E-state index contributed by atoms with van der Waals surface area (Å²) >= 11 is 0. The van der Waals surface area contributed by atoms with Crippen LogP contribution < -0.4 is 11.1 Å². The summed E-state index contributed by atoms with van der Waals surface area (Å²) in [4.78, 5) is 11.5. The van der Waals surface area contributed by atoms with Crippen LogP contribution in [0.2, 0.25) is 0 Å². The molecule has 0 atom stereocenters. The van der Waals surface area contributed by atoms with Crippen molar-refractivity contribution in [2.45, 2.75) is 43.7 Å². The average molecular weight is 242 g/mol. The summed E-state index contributed by atoms with van der Waals surface area (Å²) in [5.41, 5.74) is 5.50. The van der Waals surface area contributed by atoms with E-state index in [0.29, 0.717) is 38.8 Å². The van der Waals surface area contributed by atoms with Crippen LogP contribution in [-0.4, -0.2) is 43.9 Å². The summed E-state index contributed by atoms with van der Waals surface area (Å²) in [7, 11) is 0. The molecular formula is C12H22N2O3. The first kappa shape index (κ1) is 12.8. The van der Waals surface area contributed by atoms with Crippen molar-refractivity contribution < 1.29 is 14.3 Å². The lowest BCUT2D eigenvalue weighted by Crippen LogP contribution is -2.46. The first-order valence-corrected chi connectivity index (χ1v) is 6.45. The molecule has 1 saturated carbocycles. The van der Waals surface area contributed by atoms with Crippen LogP contribution in [0.25, 0.3) is 0 Å². The molecule has 5 heteroatoms. The van der Waals surface area contributed by atoms with E-state index in [9.17, 15) is 4.79 Å². The molecule has 3 N–H and O–H groups in total. The Hall–Kier alpha value is -0.650. The first-order valence-electron chi connectivity index (χ1n) is 6.45. The molecule has 17 heavy (non-hydrogen) atoms. The van der Waals surface area contributed by atoms with E-state index in [1.165, 1.54) is 0 Å². The third kappa shape index (κ3) is 3.94. The number of hydrogen-bond donors (Lipinski definition) is 2. The average Bonchev–Trinajstić information content (AvgIpc) is 3.14. The van der Waals surface area contributed by atoms with E-state index in [1.54, 1.807) is 0 Å². The van der Waals surface area contributed by atoms with Gasteiger partial charge in [-0.1, -0.05) is 0 Å². The lowest BCUT2D eigenvalue weighted by atomic mass is 9.94. The van der Waals surface area contributed by atoms with Crippen molar-refractivity contribution in [2.75, 3.05) is 26.4 Å². The van der Waals surface area contributed by atoms with Crippen LogP contribution in [0.1, 0.15) is 32.1 Å². The van der Waals surface area contributed by atoms with E-state index in [2.05, 4.69) is 5.32 Å². The van der Waals surface area contributed by atoms with Crippen LogP contribution in [0.5, 0.6) is 0 Å². The smallest absolute Gasteiger partial charge is 0.222 e. The van der Waals surface area contributed by atoms with E-state index in [-0.39, 0.29) is 11.5 Å². The second kappa shape index (κ2) is 5.80. The Kier molecular flexibility index (Phi) is 4.36. The number of nitrogens with two attached hydrogens (primary N) is 1. The molecule has 2 aliphatic rings. The number of carbonyl (C=O) groups excluding carboxylic acids is 1. The highest BCUT2D eigenvalue weighted by Gasteiger charge is 2.32. The SMILES string of the molecule is NCC1(OCCC(=O)NC2CC2)CCOCC1. The van der Waals surface area contributed by atoms with Crippen LogP contribution in [0, 0.1) is 0 Å². The first-order chi connectivity index (χ1) is 8.24. The Balaban J connectivity index is 1.66. The monoisotopic (exact) mass is 242 g/mol. The Morgan fingerprint density at radius 2 is 2.12 bits per heavy atom. The van der Waals surface area contributed by atoms with Gasteiger partial charge in [0.1, 0.15) is 0 Å². The van der Waals surface area contributed by atoms with Gasteiger partial charge in [-0.3, -0.25) is 4.79 Å². The predicted octanol–water partition coefficient (Wildman–Crippen LogP) is 0.180. The molecule has 0 radical (unpaired) electrons. The molecule has 5 nitrogen and oxygen atoms in total. The van der Waals surface area contributed by atoms with E-state index in [4.69, 9.17) is 15.2 Å². The summed E-state index contributed by atoms with van der Waals surface area (Å²) in [5.74, 6) is 0.0896. The third-order valence-corrected chi connectivity index (χ3v) is 3.46. The van der Waals surface area contributed by atoms with Crippen LogP contribution in [0.4, 0.5) is 0 Å². The fourth-order valence-electron chi connectivity index (χ4n) is 2.04. The topological polar surface area (TPSA) is 73.6 Å². The van der Waals surface area contributed by atoms with Gasteiger partial charge in [0.15, 0.2) is 0 Å². The zero-order chi connectivity index (χ0) is 12.1. The van der Waals surface area contributed by atoms with Gasteiger partial charge in [-0.25, -0.2) is 0 Å². The van der Waals surface area contributed by atoms with Gasteiger partial charge in [-0.15, -0.1) is 0 Å². The Bertz CT molecular complexity index is 260.